The van der Waals surface area contributed by atoms with Gasteiger partial charge in [-0.2, -0.15) is 0 Å². The molecule has 0 saturated heterocycles. The summed E-state index contributed by atoms with van der Waals surface area (Å²) in [6.45, 7) is 4.19. The minimum absolute atomic E-state index is 0.312. The normalized spacial score (nSPS) is 12.0. The molecule has 0 aliphatic rings. The summed E-state index contributed by atoms with van der Waals surface area (Å²) in [5.41, 5.74) is 2.13. The molecule has 1 N–H and O–H groups in total. The number of carboxylic acids is 1. The minimum atomic E-state index is -0.914. The Morgan fingerprint density at radius 3 is 2.43 bits per heavy atom. The van der Waals surface area contributed by atoms with Crippen LogP contribution in [0.3, 0.4) is 0 Å². The summed E-state index contributed by atoms with van der Waals surface area (Å²) in [6, 6.07) is 7.66. The fraction of sp³-hybridized carbons (Fsp3) is 0.500. The van der Waals surface area contributed by atoms with E-state index in [4.69, 9.17) is 4.74 Å². The van der Waals surface area contributed by atoms with Gasteiger partial charge in [0.1, 0.15) is 11.3 Å². The molecule has 1 aromatic rings. The van der Waals surface area contributed by atoms with E-state index >= 15 is 0 Å². The lowest BCUT2D eigenvalue weighted by molar-refractivity contribution is -0.130. The molecule has 1 rings (SSSR count). The number of aliphatic carboxylic acids is 1. The summed E-state index contributed by atoms with van der Waals surface area (Å²) >= 11 is 0. The molecule has 0 saturated carbocycles. The van der Waals surface area contributed by atoms with Crippen molar-refractivity contribution in [1.82, 2.24) is 0 Å². The van der Waals surface area contributed by atoms with Gasteiger partial charge in [-0.25, -0.2) is 4.79 Å². The van der Waals surface area contributed by atoms with E-state index in [1.165, 1.54) is 6.42 Å². The SMILES string of the molecule is CCCCCCC(OC)=C(C(=O)O)c1ccccc1CC. The van der Waals surface area contributed by atoms with Crippen molar-refractivity contribution in [1.29, 1.82) is 0 Å². The van der Waals surface area contributed by atoms with Gasteiger partial charge in [0.2, 0.25) is 0 Å². The molecule has 0 fully saturated rings. The van der Waals surface area contributed by atoms with E-state index in [2.05, 4.69) is 6.92 Å². The summed E-state index contributed by atoms with van der Waals surface area (Å²) in [4.78, 5) is 11.7. The van der Waals surface area contributed by atoms with Crippen molar-refractivity contribution in [2.45, 2.75) is 52.4 Å². The van der Waals surface area contributed by atoms with Crippen molar-refractivity contribution in [3.8, 4) is 0 Å². The second kappa shape index (κ2) is 9.22. The second-order valence-electron chi connectivity index (χ2n) is 5.13. The van der Waals surface area contributed by atoms with E-state index in [1.807, 2.05) is 31.2 Å². The molecule has 0 unspecified atom stereocenters. The van der Waals surface area contributed by atoms with Gasteiger partial charge >= 0.3 is 5.97 Å². The fourth-order valence-electron chi connectivity index (χ4n) is 2.50. The Bertz CT molecular complexity index is 489. The van der Waals surface area contributed by atoms with Gasteiger partial charge in [-0.15, -0.1) is 0 Å². The third-order valence-electron chi connectivity index (χ3n) is 3.66. The highest BCUT2D eigenvalue weighted by Crippen LogP contribution is 2.27. The molecule has 3 nitrogen and oxygen atoms in total. The lowest BCUT2D eigenvalue weighted by Gasteiger charge is -2.14. The average Bonchev–Trinajstić information content (AvgIpc) is 2.50. The van der Waals surface area contributed by atoms with E-state index in [1.54, 1.807) is 7.11 Å². The standard InChI is InChI=1S/C18H26O3/c1-4-6-7-8-13-16(21-3)17(18(19)20)15-12-10-9-11-14(15)5-2/h9-12H,4-8,13H2,1-3H3,(H,19,20). The molecule has 0 aliphatic heterocycles. The number of hydrogen-bond donors (Lipinski definition) is 1. The fourth-order valence-corrected chi connectivity index (χ4v) is 2.50. The van der Waals surface area contributed by atoms with Gasteiger partial charge in [0.25, 0.3) is 0 Å². The number of unbranched alkanes of at least 4 members (excludes halogenated alkanes) is 3. The smallest absolute Gasteiger partial charge is 0.339 e. The Morgan fingerprint density at radius 1 is 1.14 bits per heavy atom. The number of ether oxygens (including phenoxy) is 1. The Morgan fingerprint density at radius 2 is 1.86 bits per heavy atom. The summed E-state index contributed by atoms with van der Waals surface area (Å²) in [6.07, 6.45) is 5.88. The van der Waals surface area contributed by atoms with Crippen LogP contribution in [-0.4, -0.2) is 18.2 Å². The lowest BCUT2D eigenvalue weighted by atomic mass is 9.95. The van der Waals surface area contributed by atoms with Crippen molar-refractivity contribution < 1.29 is 14.6 Å². The molecule has 0 atom stereocenters. The van der Waals surface area contributed by atoms with E-state index in [9.17, 15) is 9.90 Å². The van der Waals surface area contributed by atoms with Crippen molar-refractivity contribution in [2.75, 3.05) is 7.11 Å². The maximum Gasteiger partial charge on any atom is 0.339 e. The van der Waals surface area contributed by atoms with E-state index in [0.29, 0.717) is 17.8 Å². The predicted molar refractivity (Wildman–Crippen MR) is 86.1 cm³/mol. The summed E-state index contributed by atoms with van der Waals surface area (Å²) in [7, 11) is 1.56. The lowest BCUT2D eigenvalue weighted by Crippen LogP contribution is -2.08. The molecule has 0 spiro atoms. The molecule has 0 radical (unpaired) electrons. The number of methoxy groups -OCH3 is 1. The topological polar surface area (TPSA) is 46.5 Å². The molecule has 3 heteroatoms. The van der Waals surface area contributed by atoms with E-state index < -0.39 is 5.97 Å². The van der Waals surface area contributed by atoms with Crippen LogP contribution in [0.2, 0.25) is 0 Å². The maximum absolute atomic E-state index is 11.7. The third-order valence-corrected chi connectivity index (χ3v) is 3.66. The van der Waals surface area contributed by atoms with Crippen LogP contribution in [0.1, 0.15) is 57.1 Å². The predicted octanol–water partition coefficient (Wildman–Crippen LogP) is 4.66. The first-order valence-electron chi connectivity index (χ1n) is 7.74. The van der Waals surface area contributed by atoms with Crippen LogP contribution in [0.5, 0.6) is 0 Å². The van der Waals surface area contributed by atoms with Crippen molar-refractivity contribution in [3.63, 3.8) is 0 Å². The first kappa shape index (κ1) is 17.3. The zero-order valence-electron chi connectivity index (χ0n) is 13.3. The number of benzene rings is 1. The molecular weight excluding hydrogens is 264 g/mol. The Hall–Kier alpha value is -1.77. The van der Waals surface area contributed by atoms with E-state index in [0.717, 1.165) is 36.8 Å². The van der Waals surface area contributed by atoms with Gasteiger partial charge in [-0.05, 0) is 24.0 Å². The number of aryl methyl sites for hydroxylation is 1. The monoisotopic (exact) mass is 290 g/mol. The highest BCUT2D eigenvalue weighted by atomic mass is 16.5. The molecule has 116 valence electrons. The minimum Gasteiger partial charge on any atom is -0.500 e. The van der Waals surface area contributed by atoms with Gasteiger partial charge in [-0.3, -0.25) is 0 Å². The molecule has 0 amide bonds. The molecule has 0 heterocycles. The zero-order valence-corrected chi connectivity index (χ0v) is 13.3. The number of hydrogen-bond acceptors (Lipinski definition) is 2. The highest BCUT2D eigenvalue weighted by Gasteiger charge is 2.19. The number of allylic oxidation sites excluding steroid dienone is 1. The summed E-state index contributed by atoms with van der Waals surface area (Å²) in [5, 5.41) is 9.61. The first-order valence-corrected chi connectivity index (χ1v) is 7.74. The average molecular weight is 290 g/mol. The molecule has 1 aromatic carbocycles. The number of carboxylic acid groups (broad SMARTS) is 1. The zero-order chi connectivity index (χ0) is 15.7. The summed E-state index contributed by atoms with van der Waals surface area (Å²) < 4.78 is 5.41. The van der Waals surface area contributed by atoms with Crippen LogP contribution < -0.4 is 0 Å². The molecule has 21 heavy (non-hydrogen) atoms. The number of rotatable bonds is 9. The second-order valence-corrected chi connectivity index (χ2v) is 5.13. The van der Waals surface area contributed by atoms with Gasteiger partial charge in [0, 0.05) is 6.42 Å². The van der Waals surface area contributed by atoms with Crippen LogP contribution in [0, 0.1) is 0 Å². The van der Waals surface area contributed by atoms with Crippen molar-refractivity contribution >= 4 is 11.5 Å². The van der Waals surface area contributed by atoms with Crippen LogP contribution in [0.4, 0.5) is 0 Å². The van der Waals surface area contributed by atoms with Gasteiger partial charge in [0.15, 0.2) is 0 Å². The summed E-state index contributed by atoms with van der Waals surface area (Å²) in [5.74, 6) is -0.331. The largest absolute Gasteiger partial charge is 0.500 e. The van der Waals surface area contributed by atoms with E-state index in [-0.39, 0.29) is 0 Å². The van der Waals surface area contributed by atoms with Crippen molar-refractivity contribution in [3.05, 3.63) is 41.2 Å². The Balaban J connectivity index is 3.11. The van der Waals surface area contributed by atoms with Gasteiger partial charge in [0.05, 0.1) is 7.11 Å². The molecule has 0 aromatic heterocycles. The van der Waals surface area contributed by atoms with Crippen LogP contribution in [-0.2, 0) is 16.0 Å². The molecular formula is C18H26O3. The quantitative estimate of drug-likeness (QED) is 0.408. The molecule has 0 bridgehead atoms. The first-order chi connectivity index (χ1) is 10.2. The van der Waals surface area contributed by atoms with Gasteiger partial charge < -0.3 is 9.84 Å². The van der Waals surface area contributed by atoms with Crippen LogP contribution >= 0.6 is 0 Å². The van der Waals surface area contributed by atoms with Crippen LogP contribution in [0.25, 0.3) is 5.57 Å². The highest BCUT2D eigenvalue weighted by molar-refractivity contribution is 6.16. The Kier molecular flexibility index (Phi) is 7.59. The molecule has 0 aliphatic carbocycles. The van der Waals surface area contributed by atoms with Gasteiger partial charge in [-0.1, -0.05) is 57.4 Å². The Labute approximate surface area is 127 Å². The van der Waals surface area contributed by atoms with Crippen molar-refractivity contribution in [2.24, 2.45) is 0 Å². The third kappa shape index (κ3) is 4.92. The number of carbonyl (C=O) groups is 1. The maximum atomic E-state index is 11.7. The van der Waals surface area contributed by atoms with Crippen LogP contribution in [0.15, 0.2) is 30.0 Å².